The molecule has 1 amide bonds. The Balaban J connectivity index is 1.23. The van der Waals surface area contributed by atoms with Gasteiger partial charge in [-0.3, -0.25) is 19.5 Å². The number of hydrogen-bond acceptors (Lipinski definition) is 7. The topological polar surface area (TPSA) is 90.6 Å². The van der Waals surface area contributed by atoms with Gasteiger partial charge in [-0.15, -0.1) is 11.3 Å². The summed E-state index contributed by atoms with van der Waals surface area (Å²) in [5, 5.41) is 5.14. The number of morpholine rings is 1. The van der Waals surface area contributed by atoms with Gasteiger partial charge < -0.3 is 15.0 Å². The zero-order chi connectivity index (χ0) is 20.9. The van der Waals surface area contributed by atoms with E-state index in [1.165, 1.54) is 10.4 Å². The van der Waals surface area contributed by atoms with Gasteiger partial charge in [0, 0.05) is 61.8 Å². The van der Waals surface area contributed by atoms with E-state index in [1.807, 2.05) is 23.2 Å². The molecule has 0 aromatic carbocycles. The van der Waals surface area contributed by atoms with E-state index >= 15 is 0 Å². The number of carbonyl (C=O) groups excluding carboxylic acids is 1. The molecule has 0 bridgehead atoms. The molecule has 2 aromatic heterocycles. The first-order valence-corrected chi connectivity index (χ1v) is 11.4. The maximum atomic E-state index is 12.5. The van der Waals surface area contributed by atoms with Gasteiger partial charge in [0.15, 0.2) is 0 Å². The average molecular weight is 432 g/mol. The van der Waals surface area contributed by atoms with Crippen LogP contribution in [0.3, 0.4) is 0 Å². The van der Waals surface area contributed by atoms with Crippen LogP contribution in [0.15, 0.2) is 16.2 Å². The molecule has 162 valence electrons. The van der Waals surface area contributed by atoms with E-state index in [4.69, 9.17) is 4.74 Å². The van der Waals surface area contributed by atoms with E-state index < -0.39 is 0 Å². The molecule has 9 heteroatoms. The summed E-state index contributed by atoms with van der Waals surface area (Å²) < 4.78 is 5.34. The molecule has 1 saturated heterocycles. The third-order valence-electron chi connectivity index (χ3n) is 5.76. The van der Waals surface area contributed by atoms with Crippen LogP contribution in [-0.4, -0.2) is 66.7 Å². The quantitative estimate of drug-likeness (QED) is 0.682. The molecule has 8 nitrogen and oxygen atoms in total. The third-order valence-corrected chi connectivity index (χ3v) is 6.78. The van der Waals surface area contributed by atoms with Crippen LogP contribution in [0, 0.1) is 6.92 Å². The summed E-state index contributed by atoms with van der Waals surface area (Å²) in [4.78, 5) is 38.1. The zero-order valence-corrected chi connectivity index (χ0v) is 18.2. The van der Waals surface area contributed by atoms with E-state index in [0.717, 1.165) is 39.1 Å². The second kappa shape index (κ2) is 9.72. The number of amides is 1. The lowest BCUT2D eigenvalue weighted by molar-refractivity contribution is -0.121. The third kappa shape index (κ3) is 5.08. The average Bonchev–Trinajstić information content (AvgIpc) is 3.21. The van der Waals surface area contributed by atoms with Crippen molar-refractivity contribution in [2.75, 3.05) is 50.8 Å². The first kappa shape index (κ1) is 21.0. The van der Waals surface area contributed by atoms with Gasteiger partial charge in [-0.2, -0.15) is 0 Å². The predicted octanol–water partition coefficient (Wildman–Crippen LogP) is 1.08. The second-order valence-electron chi connectivity index (χ2n) is 7.80. The predicted molar refractivity (Wildman–Crippen MR) is 117 cm³/mol. The minimum atomic E-state index is -0.156. The van der Waals surface area contributed by atoms with Gasteiger partial charge >= 0.3 is 0 Å². The number of ether oxygens (including phenoxy) is 1. The molecule has 2 N–H and O–H groups in total. The Hall–Kier alpha value is -2.23. The van der Waals surface area contributed by atoms with Crippen molar-refractivity contribution >= 4 is 23.2 Å². The Morgan fingerprint density at radius 2 is 2.17 bits per heavy atom. The number of nitrogens with zero attached hydrogens (tertiary/aromatic N) is 3. The molecule has 2 aliphatic heterocycles. The van der Waals surface area contributed by atoms with Gasteiger partial charge in [0.05, 0.1) is 13.2 Å². The lowest BCUT2D eigenvalue weighted by Crippen LogP contribution is -2.39. The molecule has 4 heterocycles. The Kier molecular flexibility index (Phi) is 6.81. The van der Waals surface area contributed by atoms with Gasteiger partial charge in [0.2, 0.25) is 11.9 Å². The van der Waals surface area contributed by atoms with Gasteiger partial charge in [-0.25, -0.2) is 4.98 Å². The minimum Gasteiger partial charge on any atom is -0.378 e. The second-order valence-corrected chi connectivity index (χ2v) is 8.80. The fraction of sp³-hybridized carbons (Fsp3) is 0.571. The first-order valence-electron chi connectivity index (χ1n) is 10.6. The van der Waals surface area contributed by atoms with Crippen molar-refractivity contribution in [3.05, 3.63) is 43.5 Å². The Morgan fingerprint density at radius 1 is 1.33 bits per heavy atom. The molecule has 0 aliphatic carbocycles. The fourth-order valence-corrected chi connectivity index (χ4v) is 4.88. The molecule has 0 spiro atoms. The fourth-order valence-electron chi connectivity index (χ4n) is 3.99. The monoisotopic (exact) mass is 431 g/mol. The van der Waals surface area contributed by atoms with E-state index in [-0.39, 0.29) is 17.9 Å². The summed E-state index contributed by atoms with van der Waals surface area (Å²) in [7, 11) is 0. The van der Waals surface area contributed by atoms with Crippen LogP contribution in [0.4, 0.5) is 5.95 Å². The van der Waals surface area contributed by atoms with Crippen molar-refractivity contribution in [1.29, 1.82) is 0 Å². The number of aromatic nitrogens is 2. The van der Waals surface area contributed by atoms with E-state index in [9.17, 15) is 9.59 Å². The number of nitrogens with one attached hydrogen (secondary N) is 2. The largest absolute Gasteiger partial charge is 0.378 e. The Morgan fingerprint density at radius 3 is 2.97 bits per heavy atom. The lowest BCUT2D eigenvalue weighted by Gasteiger charge is -2.27. The number of thiophene rings is 1. The van der Waals surface area contributed by atoms with Gasteiger partial charge in [-0.05, 0) is 36.8 Å². The van der Waals surface area contributed by atoms with Crippen molar-refractivity contribution in [3.8, 4) is 0 Å². The van der Waals surface area contributed by atoms with Gasteiger partial charge in [0.1, 0.15) is 0 Å². The number of anilines is 1. The molecule has 0 radical (unpaired) electrons. The molecule has 30 heavy (non-hydrogen) atoms. The van der Waals surface area contributed by atoms with E-state index in [0.29, 0.717) is 43.4 Å². The highest BCUT2D eigenvalue weighted by Crippen LogP contribution is 2.23. The summed E-state index contributed by atoms with van der Waals surface area (Å²) in [6, 6.07) is 2.20. The minimum absolute atomic E-state index is 0.0284. The van der Waals surface area contributed by atoms with Gasteiger partial charge in [0.25, 0.3) is 5.56 Å². The maximum Gasteiger partial charge on any atom is 0.255 e. The molecular weight excluding hydrogens is 402 g/mol. The van der Waals surface area contributed by atoms with Crippen molar-refractivity contribution in [3.63, 3.8) is 0 Å². The SMILES string of the molecule is Cc1nc(N2CCOCC2)[nH]c(=O)c1CCC(=O)NCCN1CCc2sccc2C1. The molecule has 0 unspecified atom stereocenters. The molecule has 4 rings (SSSR count). The molecule has 0 saturated carbocycles. The van der Waals surface area contributed by atoms with Crippen molar-refractivity contribution in [2.24, 2.45) is 0 Å². The number of rotatable bonds is 7. The van der Waals surface area contributed by atoms with Crippen LogP contribution in [0.2, 0.25) is 0 Å². The normalized spacial score (nSPS) is 17.0. The first-order chi connectivity index (χ1) is 14.6. The van der Waals surface area contributed by atoms with Gasteiger partial charge in [-0.1, -0.05) is 0 Å². The van der Waals surface area contributed by atoms with Crippen molar-refractivity contribution in [1.82, 2.24) is 20.2 Å². The Labute approximate surface area is 180 Å². The summed E-state index contributed by atoms with van der Waals surface area (Å²) in [5.41, 5.74) is 2.54. The number of aromatic amines is 1. The number of hydrogen-bond donors (Lipinski definition) is 2. The van der Waals surface area contributed by atoms with Crippen LogP contribution in [0.25, 0.3) is 0 Å². The van der Waals surface area contributed by atoms with Crippen molar-refractivity contribution < 1.29 is 9.53 Å². The molecular formula is C21H29N5O3S. The lowest BCUT2D eigenvalue weighted by atomic mass is 10.1. The van der Waals surface area contributed by atoms with Crippen LogP contribution in [-0.2, 0) is 28.9 Å². The number of aryl methyl sites for hydroxylation is 1. The number of fused-ring (bicyclic) bond motifs is 1. The molecule has 2 aromatic rings. The van der Waals surface area contributed by atoms with Crippen LogP contribution < -0.4 is 15.8 Å². The smallest absolute Gasteiger partial charge is 0.255 e. The summed E-state index contributed by atoms with van der Waals surface area (Å²) >= 11 is 1.83. The van der Waals surface area contributed by atoms with E-state index in [2.05, 4.69) is 31.6 Å². The highest BCUT2D eigenvalue weighted by Gasteiger charge is 2.18. The molecule has 1 fully saturated rings. The molecule has 2 aliphatic rings. The Bertz CT molecular complexity index is 935. The highest BCUT2D eigenvalue weighted by molar-refractivity contribution is 7.10. The summed E-state index contributed by atoms with van der Waals surface area (Å²) in [6.07, 6.45) is 1.78. The number of carbonyl (C=O) groups is 1. The van der Waals surface area contributed by atoms with Crippen molar-refractivity contribution in [2.45, 2.75) is 32.7 Å². The summed E-state index contributed by atoms with van der Waals surface area (Å²) in [6.45, 7) is 8.01. The van der Waals surface area contributed by atoms with Crippen LogP contribution in [0.1, 0.15) is 28.1 Å². The van der Waals surface area contributed by atoms with Crippen LogP contribution >= 0.6 is 11.3 Å². The van der Waals surface area contributed by atoms with E-state index in [1.54, 1.807) is 0 Å². The van der Waals surface area contributed by atoms with Crippen LogP contribution in [0.5, 0.6) is 0 Å². The number of H-pyrrole nitrogens is 1. The molecule has 0 atom stereocenters. The maximum absolute atomic E-state index is 12.5. The summed E-state index contributed by atoms with van der Waals surface area (Å²) in [5.74, 6) is 0.559. The standard InChI is InChI=1S/C21H29N5O3S/c1-15-17(20(28)24-21(23-15)26-9-11-29-12-10-26)2-3-19(27)22-6-8-25-7-4-18-16(14-25)5-13-30-18/h5,13H,2-4,6-12,14H2,1H3,(H,22,27)(H,23,24,28). The zero-order valence-electron chi connectivity index (χ0n) is 17.4. The highest BCUT2D eigenvalue weighted by atomic mass is 32.1.